The molecule has 6 heteroatoms. The summed E-state index contributed by atoms with van der Waals surface area (Å²) in [6.07, 6.45) is 5.76. The number of nitrogens with two attached hydrogens (primary N) is 1. The minimum absolute atomic E-state index is 0. The van der Waals surface area contributed by atoms with Crippen LogP contribution in [0, 0.1) is 5.92 Å². The highest BCUT2D eigenvalue weighted by molar-refractivity contribution is 5.85. The van der Waals surface area contributed by atoms with Crippen molar-refractivity contribution in [2.45, 2.75) is 44.7 Å². The summed E-state index contributed by atoms with van der Waals surface area (Å²) in [5, 5.41) is 2.94. The summed E-state index contributed by atoms with van der Waals surface area (Å²) < 4.78 is 0. The van der Waals surface area contributed by atoms with Crippen LogP contribution in [0.25, 0.3) is 0 Å². The van der Waals surface area contributed by atoms with Gasteiger partial charge in [0.15, 0.2) is 0 Å². The molecule has 4 nitrogen and oxygen atoms in total. The molecule has 1 amide bonds. The van der Waals surface area contributed by atoms with Gasteiger partial charge < -0.3 is 11.1 Å². The van der Waals surface area contributed by atoms with E-state index in [1.54, 1.807) is 6.20 Å². The summed E-state index contributed by atoms with van der Waals surface area (Å²) in [5.74, 6) is -0.0136. The highest BCUT2D eigenvalue weighted by Crippen LogP contribution is 2.31. The molecule has 0 bridgehead atoms. The Bertz CT molecular complexity index is 412. The number of rotatable bonds is 3. The van der Waals surface area contributed by atoms with Crippen LogP contribution in [0.15, 0.2) is 24.4 Å². The van der Waals surface area contributed by atoms with Gasteiger partial charge in [-0.2, -0.15) is 0 Å². The summed E-state index contributed by atoms with van der Waals surface area (Å²) in [5.41, 5.74) is 6.72. The highest BCUT2D eigenvalue weighted by Gasteiger charge is 2.37. The number of pyridine rings is 1. The second kappa shape index (κ2) is 8.45. The lowest BCUT2D eigenvalue weighted by Crippen LogP contribution is -2.52. The molecule has 0 spiro atoms. The lowest BCUT2D eigenvalue weighted by molar-refractivity contribution is -0.128. The van der Waals surface area contributed by atoms with Crippen LogP contribution in [0.2, 0.25) is 0 Å². The van der Waals surface area contributed by atoms with E-state index in [0.29, 0.717) is 6.54 Å². The first-order chi connectivity index (χ1) is 8.59. The van der Waals surface area contributed by atoms with E-state index < -0.39 is 0 Å². The zero-order valence-electron chi connectivity index (χ0n) is 11.7. The Labute approximate surface area is 132 Å². The standard InChI is InChI=1S/C14H21N3O.2ClH/c1-14(15)8-4-2-7-12(14)13(18)17-10-11-6-3-5-9-16-11;;/h3,5-6,9,12H,2,4,7-8,10,15H2,1H3,(H,17,18);2*1H. The first kappa shape index (κ1) is 19.2. The molecule has 2 rings (SSSR count). The molecule has 0 radical (unpaired) electrons. The van der Waals surface area contributed by atoms with E-state index >= 15 is 0 Å². The van der Waals surface area contributed by atoms with E-state index in [1.165, 1.54) is 0 Å². The Balaban J connectivity index is 0.00000180. The van der Waals surface area contributed by atoms with Crippen LogP contribution in [-0.4, -0.2) is 16.4 Å². The summed E-state index contributed by atoms with van der Waals surface area (Å²) >= 11 is 0. The summed E-state index contributed by atoms with van der Waals surface area (Å²) in [4.78, 5) is 16.4. The molecule has 1 heterocycles. The van der Waals surface area contributed by atoms with Crippen molar-refractivity contribution < 1.29 is 4.79 Å². The molecular weight excluding hydrogens is 297 g/mol. The quantitative estimate of drug-likeness (QED) is 0.899. The Morgan fingerprint density at radius 2 is 2.20 bits per heavy atom. The van der Waals surface area contributed by atoms with Crippen LogP contribution in [0.5, 0.6) is 0 Å². The molecule has 114 valence electrons. The number of nitrogens with zero attached hydrogens (tertiary/aromatic N) is 1. The molecule has 1 aliphatic rings. The van der Waals surface area contributed by atoms with Crippen molar-refractivity contribution >= 4 is 30.7 Å². The van der Waals surface area contributed by atoms with Crippen molar-refractivity contribution in [2.24, 2.45) is 11.7 Å². The van der Waals surface area contributed by atoms with E-state index in [2.05, 4.69) is 10.3 Å². The monoisotopic (exact) mass is 319 g/mol. The van der Waals surface area contributed by atoms with Crippen molar-refractivity contribution in [2.75, 3.05) is 0 Å². The average molecular weight is 320 g/mol. The molecule has 20 heavy (non-hydrogen) atoms. The number of aromatic nitrogens is 1. The number of carbonyl (C=O) groups excluding carboxylic acids is 1. The third kappa shape index (κ3) is 4.93. The van der Waals surface area contributed by atoms with Crippen molar-refractivity contribution in [1.29, 1.82) is 0 Å². The molecule has 1 aromatic rings. The van der Waals surface area contributed by atoms with Crippen molar-refractivity contribution in [3.63, 3.8) is 0 Å². The SMILES string of the molecule is CC1(N)CCCCC1C(=O)NCc1ccccn1.Cl.Cl. The maximum absolute atomic E-state index is 12.2. The Hall–Kier alpha value is -0.840. The largest absolute Gasteiger partial charge is 0.350 e. The van der Waals surface area contributed by atoms with Crippen LogP contribution in [0.1, 0.15) is 38.3 Å². The van der Waals surface area contributed by atoms with Gasteiger partial charge in [-0.15, -0.1) is 24.8 Å². The van der Waals surface area contributed by atoms with Crippen molar-refractivity contribution in [1.82, 2.24) is 10.3 Å². The zero-order valence-corrected chi connectivity index (χ0v) is 13.3. The second-order valence-corrected chi connectivity index (χ2v) is 5.34. The van der Waals surface area contributed by atoms with E-state index in [-0.39, 0.29) is 42.2 Å². The summed E-state index contributed by atoms with van der Waals surface area (Å²) in [6, 6.07) is 5.69. The number of hydrogen-bond donors (Lipinski definition) is 2. The highest BCUT2D eigenvalue weighted by atomic mass is 35.5. The first-order valence-corrected chi connectivity index (χ1v) is 6.56. The van der Waals surface area contributed by atoms with Gasteiger partial charge in [0.05, 0.1) is 18.2 Å². The maximum Gasteiger partial charge on any atom is 0.225 e. The third-order valence-electron chi connectivity index (χ3n) is 3.74. The minimum atomic E-state index is -0.369. The predicted octanol–water partition coefficient (Wildman–Crippen LogP) is 2.45. The lowest BCUT2D eigenvalue weighted by atomic mass is 9.74. The molecule has 1 saturated carbocycles. The average Bonchev–Trinajstić information content (AvgIpc) is 2.37. The first-order valence-electron chi connectivity index (χ1n) is 6.56. The topological polar surface area (TPSA) is 68.0 Å². The smallest absolute Gasteiger partial charge is 0.225 e. The minimum Gasteiger partial charge on any atom is -0.350 e. The van der Waals surface area contributed by atoms with Gasteiger partial charge in [-0.25, -0.2) is 0 Å². The molecule has 1 fully saturated rings. The number of hydrogen-bond acceptors (Lipinski definition) is 3. The van der Waals surface area contributed by atoms with Gasteiger partial charge in [0.25, 0.3) is 0 Å². The normalized spacial score (nSPS) is 25.0. The molecule has 0 saturated heterocycles. The molecule has 2 atom stereocenters. The van der Waals surface area contributed by atoms with Gasteiger partial charge in [0.2, 0.25) is 5.91 Å². The Kier molecular flexibility index (Phi) is 8.09. The van der Waals surface area contributed by atoms with Crippen LogP contribution >= 0.6 is 24.8 Å². The van der Waals surface area contributed by atoms with E-state index in [0.717, 1.165) is 31.4 Å². The van der Waals surface area contributed by atoms with Crippen LogP contribution in [-0.2, 0) is 11.3 Å². The van der Waals surface area contributed by atoms with Crippen LogP contribution < -0.4 is 11.1 Å². The van der Waals surface area contributed by atoms with Gasteiger partial charge in [0.1, 0.15) is 0 Å². The Morgan fingerprint density at radius 1 is 1.45 bits per heavy atom. The van der Waals surface area contributed by atoms with Gasteiger partial charge in [-0.05, 0) is 31.9 Å². The molecule has 3 N–H and O–H groups in total. The zero-order chi connectivity index (χ0) is 13.0. The lowest BCUT2D eigenvalue weighted by Gasteiger charge is -2.37. The van der Waals surface area contributed by atoms with Crippen molar-refractivity contribution in [3.05, 3.63) is 30.1 Å². The molecule has 1 aromatic heterocycles. The van der Waals surface area contributed by atoms with E-state index in [1.807, 2.05) is 25.1 Å². The fourth-order valence-electron chi connectivity index (χ4n) is 2.59. The van der Waals surface area contributed by atoms with Gasteiger partial charge in [0, 0.05) is 11.7 Å². The number of nitrogens with one attached hydrogen (secondary N) is 1. The fourth-order valence-corrected chi connectivity index (χ4v) is 2.59. The Morgan fingerprint density at radius 3 is 2.80 bits per heavy atom. The molecule has 2 unspecified atom stereocenters. The number of amides is 1. The number of carbonyl (C=O) groups is 1. The third-order valence-corrected chi connectivity index (χ3v) is 3.74. The van der Waals surface area contributed by atoms with Crippen LogP contribution in [0.4, 0.5) is 0 Å². The predicted molar refractivity (Wildman–Crippen MR) is 85.1 cm³/mol. The number of halogens is 2. The molecular formula is C14H23Cl2N3O. The maximum atomic E-state index is 12.2. The fraction of sp³-hybridized carbons (Fsp3) is 0.571. The summed E-state index contributed by atoms with van der Waals surface area (Å²) in [6.45, 7) is 2.46. The second-order valence-electron chi connectivity index (χ2n) is 5.34. The van der Waals surface area contributed by atoms with Gasteiger partial charge in [-0.1, -0.05) is 18.9 Å². The molecule has 1 aliphatic carbocycles. The van der Waals surface area contributed by atoms with Gasteiger partial charge in [-0.3, -0.25) is 9.78 Å². The van der Waals surface area contributed by atoms with Gasteiger partial charge >= 0.3 is 0 Å². The summed E-state index contributed by atoms with van der Waals surface area (Å²) in [7, 11) is 0. The van der Waals surface area contributed by atoms with E-state index in [4.69, 9.17) is 5.73 Å². The molecule has 0 aliphatic heterocycles. The van der Waals surface area contributed by atoms with E-state index in [9.17, 15) is 4.79 Å². The van der Waals surface area contributed by atoms with Crippen molar-refractivity contribution in [3.8, 4) is 0 Å². The molecule has 0 aromatic carbocycles. The van der Waals surface area contributed by atoms with Crippen LogP contribution in [0.3, 0.4) is 0 Å².